The van der Waals surface area contributed by atoms with Gasteiger partial charge in [-0.3, -0.25) is 9.97 Å². The molecule has 0 amide bonds. The summed E-state index contributed by atoms with van der Waals surface area (Å²) in [7, 11) is 0. The Bertz CT molecular complexity index is 617. The van der Waals surface area contributed by atoms with Crippen molar-refractivity contribution in [3.8, 4) is 0 Å². The van der Waals surface area contributed by atoms with E-state index in [-0.39, 0.29) is 0 Å². The molecule has 2 heterocycles. The fraction of sp³-hybridized carbons (Fsp3) is 0.294. The third-order valence-electron chi connectivity index (χ3n) is 3.30. The van der Waals surface area contributed by atoms with E-state index in [2.05, 4.69) is 55.0 Å². The minimum atomic E-state index is 1.05. The molecule has 19 heavy (non-hydrogen) atoms. The number of rotatable bonds is 2. The highest BCUT2D eigenvalue weighted by atomic mass is 14.7. The zero-order valence-corrected chi connectivity index (χ0v) is 12.3. The Labute approximate surface area is 115 Å². The summed E-state index contributed by atoms with van der Waals surface area (Å²) >= 11 is 0. The van der Waals surface area contributed by atoms with Crippen molar-refractivity contribution < 1.29 is 0 Å². The second-order valence-corrected chi connectivity index (χ2v) is 5.10. The van der Waals surface area contributed by atoms with Crippen LogP contribution in [-0.4, -0.2) is 9.97 Å². The second kappa shape index (κ2) is 5.35. The van der Waals surface area contributed by atoms with Gasteiger partial charge in [-0.05, 0) is 69.0 Å². The maximum absolute atomic E-state index is 4.52. The molecule has 0 aliphatic heterocycles. The minimum Gasteiger partial charge on any atom is -0.261 e. The van der Waals surface area contributed by atoms with Crippen molar-refractivity contribution in [1.29, 1.82) is 0 Å². The topological polar surface area (TPSA) is 25.8 Å². The van der Waals surface area contributed by atoms with E-state index in [1.165, 1.54) is 16.7 Å². The molecule has 0 aliphatic rings. The van der Waals surface area contributed by atoms with Gasteiger partial charge in [-0.25, -0.2) is 0 Å². The van der Waals surface area contributed by atoms with Crippen LogP contribution in [0.1, 0.15) is 39.3 Å². The first-order valence-corrected chi connectivity index (χ1v) is 6.53. The Morgan fingerprint density at radius 3 is 2.16 bits per heavy atom. The molecule has 0 radical (unpaired) electrons. The molecule has 98 valence electrons. The Kier molecular flexibility index (Phi) is 3.79. The molecule has 2 aromatic heterocycles. The highest BCUT2D eigenvalue weighted by Crippen LogP contribution is 2.18. The van der Waals surface area contributed by atoms with Gasteiger partial charge in [0.15, 0.2) is 0 Å². The van der Waals surface area contributed by atoms with Crippen molar-refractivity contribution in [3.63, 3.8) is 0 Å². The third-order valence-corrected chi connectivity index (χ3v) is 3.30. The summed E-state index contributed by atoms with van der Waals surface area (Å²) < 4.78 is 0. The molecule has 0 aliphatic carbocycles. The largest absolute Gasteiger partial charge is 0.261 e. The number of hydrogen-bond acceptors (Lipinski definition) is 2. The van der Waals surface area contributed by atoms with Crippen molar-refractivity contribution in [2.45, 2.75) is 34.6 Å². The fourth-order valence-electron chi connectivity index (χ4n) is 2.34. The molecule has 0 spiro atoms. The van der Waals surface area contributed by atoms with Gasteiger partial charge in [0.25, 0.3) is 0 Å². The standard InChI is InChI=1S/C17H20N2/c1-11-8-13(3)18-10-16(11)6-7-17-12(2)9-14(4)19-15(17)5/h6-10H,1-5H3/b7-6-. The summed E-state index contributed by atoms with van der Waals surface area (Å²) in [4.78, 5) is 8.86. The number of aromatic nitrogens is 2. The van der Waals surface area contributed by atoms with Gasteiger partial charge in [0.1, 0.15) is 0 Å². The van der Waals surface area contributed by atoms with E-state index in [1.807, 2.05) is 20.0 Å². The van der Waals surface area contributed by atoms with Gasteiger partial charge in [0, 0.05) is 23.3 Å². The summed E-state index contributed by atoms with van der Waals surface area (Å²) in [6.07, 6.45) is 6.18. The van der Waals surface area contributed by atoms with E-state index in [9.17, 15) is 0 Å². The lowest BCUT2D eigenvalue weighted by atomic mass is 10.0. The van der Waals surface area contributed by atoms with Gasteiger partial charge in [0.05, 0.1) is 0 Å². The van der Waals surface area contributed by atoms with E-state index in [1.54, 1.807) is 0 Å². The van der Waals surface area contributed by atoms with E-state index in [0.717, 1.165) is 22.6 Å². The molecule has 0 bridgehead atoms. The second-order valence-electron chi connectivity index (χ2n) is 5.10. The summed E-state index contributed by atoms with van der Waals surface area (Å²) in [6, 6.07) is 4.22. The number of aryl methyl sites for hydroxylation is 5. The Hall–Kier alpha value is -1.96. The van der Waals surface area contributed by atoms with Crippen LogP contribution in [0, 0.1) is 34.6 Å². The van der Waals surface area contributed by atoms with E-state index in [4.69, 9.17) is 0 Å². The maximum atomic E-state index is 4.52. The zero-order valence-electron chi connectivity index (χ0n) is 12.3. The Balaban J connectivity index is 2.38. The predicted molar refractivity (Wildman–Crippen MR) is 81.1 cm³/mol. The Morgan fingerprint density at radius 1 is 0.842 bits per heavy atom. The SMILES string of the molecule is Cc1cc(C)c(/C=C\c2c(C)cc(C)nc2C)cn1. The van der Waals surface area contributed by atoms with Gasteiger partial charge in [-0.15, -0.1) is 0 Å². The van der Waals surface area contributed by atoms with Crippen molar-refractivity contribution in [2.75, 3.05) is 0 Å². The quantitative estimate of drug-likeness (QED) is 0.801. The molecule has 2 heteroatoms. The van der Waals surface area contributed by atoms with Crippen LogP contribution >= 0.6 is 0 Å². The molecule has 0 saturated heterocycles. The third kappa shape index (κ3) is 3.08. The van der Waals surface area contributed by atoms with Gasteiger partial charge >= 0.3 is 0 Å². The Morgan fingerprint density at radius 2 is 1.53 bits per heavy atom. The molecule has 0 unspecified atom stereocenters. The van der Waals surface area contributed by atoms with Crippen LogP contribution in [0.2, 0.25) is 0 Å². The number of hydrogen-bond donors (Lipinski definition) is 0. The highest BCUT2D eigenvalue weighted by Gasteiger charge is 2.02. The molecule has 0 aromatic carbocycles. The van der Waals surface area contributed by atoms with Crippen LogP contribution in [0.5, 0.6) is 0 Å². The van der Waals surface area contributed by atoms with Crippen LogP contribution in [-0.2, 0) is 0 Å². The van der Waals surface area contributed by atoms with Crippen LogP contribution in [0.25, 0.3) is 12.2 Å². The van der Waals surface area contributed by atoms with Crippen molar-refractivity contribution in [1.82, 2.24) is 9.97 Å². The average Bonchev–Trinajstić information content (AvgIpc) is 2.30. The molecule has 0 fully saturated rings. The normalized spacial score (nSPS) is 11.2. The molecular weight excluding hydrogens is 232 g/mol. The zero-order chi connectivity index (χ0) is 14.0. The molecule has 0 N–H and O–H groups in total. The molecule has 2 rings (SSSR count). The average molecular weight is 252 g/mol. The number of nitrogens with zero attached hydrogens (tertiary/aromatic N) is 2. The number of pyridine rings is 2. The first-order valence-electron chi connectivity index (χ1n) is 6.53. The van der Waals surface area contributed by atoms with Gasteiger partial charge in [-0.1, -0.05) is 12.2 Å². The van der Waals surface area contributed by atoms with Gasteiger partial charge in [0.2, 0.25) is 0 Å². The van der Waals surface area contributed by atoms with E-state index >= 15 is 0 Å². The molecular formula is C17H20N2. The summed E-state index contributed by atoms with van der Waals surface area (Å²) in [5, 5.41) is 0. The van der Waals surface area contributed by atoms with E-state index < -0.39 is 0 Å². The molecule has 2 nitrogen and oxygen atoms in total. The van der Waals surface area contributed by atoms with Crippen LogP contribution in [0.15, 0.2) is 18.3 Å². The molecule has 0 saturated carbocycles. The maximum Gasteiger partial charge on any atom is 0.0450 e. The lowest BCUT2D eigenvalue weighted by Crippen LogP contribution is -1.94. The molecule has 2 aromatic rings. The van der Waals surface area contributed by atoms with E-state index in [0.29, 0.717) is 0 Å². The van der Waals surface area contributed by atoms with Crippen LogP contribution < -0.4 is 0 Å². The van der Waals surface area contributed by atoms with Crippen LogP contribution in [0.3, 0.4) is 0 Å². The fourth-order valence-corrected chi connectivity index (χ4v) is 2.34. The smallest absolute Gasteiger partial charge is 0.0450 e. The first-order chi connectivity index (χ1) is 8.97. The van der Waals surface area contributed by atoms with Gasteiger partial charge < -0.3 is 0 Å². The highest BCUT2D eigenvalue weighted by molar-refractivity contribution is 5.73. The summed E-state index contributed by atoms with van der Waals surface area (Å²) in [6.45, 7) is 10.3. The monoisotopic (exact) mass is 252 g/mol. The van der Waals surface area contributed by atoms with Gasteiger partial charge in [-0.2, -0.15) is 0 Å². The lowest BCUT2D eigenvalue weighted by molar-refractivity contribution is 1.09. The first kappa shape index (κ1) is 13.5. The van der Waals surface area contributed by atoms with Crippen molar-refractivity contribution in [2.24, 2.45) is 0 Å². The lowest BCUT2D eigenvalue weighted by Gasteiger charge is -2.06. The minimum absolute atomic E-state index is 1.05. The van der Waals surface area contributed by atoms with Crippen LogP contribution in [0.4, 0.5) is 0 Å². The van der Waals surface area contributed by atoms with Crippen molar-refractivity contribution >= 4 is 12.2 Å². The molecule has 0 atom stereocenters. The predicted octanol–water partition coefficient (Wildman–Crippen LogP) is 4.19. The van der Waals surface area contributed by atoms with Crippen molar-refractivity contribution in [3.05, 3.63) is 57.7 Å². The summed E-state index contributed by atoms with van der Waals surface area (Å²) in [5.74, 6) is 0. The summed E-state index contributed by atoms with van der Waals surface area (Å²) in [5.41, 5.74) is 8.07.